The van der Waals surface area contributed by atoms with E-state index in [4.69, 9.17) is 5.73 Å². The summed E-state index contributed by atoms with van der Waals surface area (Å²) in [4.78, 5) is 16.0. The van der Waals surface area contributed by atoms with Crippen molar-refractivity contribution < 1.29 is 0 Å². The first-order chi connectivity index (χ1) is 8.28. The fourth-order valence-electron chi connectivity index (χ4n) is 1.64. The number of rotatable bonds is 2. The van der Waals surface area contributed by atoms with Crippen LogP contribution in [0.1, 0.15) is 12.7 Å². The van der Waals surface area contributed by atoms with Gasteiger partial charge < -0.3 is 10.7 Å². The molecule has 0 radical (unpaired) electrons. The number of aromatic nitrogens is 6. The van der Waals surface area contributed by atoms with Gasteiger partial charge in [-0.2, -0.15) is 5.10 Å². The van der Waals surface area contributed by atoms with Crippen LogP contribution in [0.3, 0.4) is 0 Å². The Balaban J connectivity index is 2.22. The molecule has 3 rings (SSSR count). The molecule has 0 saturated heterocycles. The van der Waals surface area contributed by atoms with Gasteiger partial charge in [-0.05, 0) is 0 Å². The molecular formula is C10H11N7. The smallest absolute Gasteiger partial charge is 0.183 e. The first kappa shape index (κ1) is 9.76. The van der Waals surface area contributed by atoms with E-state index in [2.05, 4.69) is 30.1 Å². The number of fused-ring (bicyclic) bond motifs is 1. The van der Waals surface area contributed by atoms with Crippen LogP contribution >= 0.6 is 0 Å². The average Bonchev–Trinajstić information content (AvgIpc) is 2.96. The summed E-state index contributed by atoms with van der Waals surface area (Å²) in [5.74, 6) is 1.80. The zero-order valence-corrected chi connectivity index (χ0v) is 9.23. The van der Waals surface area contributed by atoms with Gasteiger partial charge in [0.15, 0.2) is 11.5 Å². The second-order valence-corrected chi connectivity index (χ2v) is 3.65. The van der Waals surface area contributed by atoms with Gasteiger partial charge in [0.2, 0.25) is 0 Å². The SMILES string of the molecule is CCc1nc(N)c2[nH]c(-c3cn[nH]c3)nc2n1. The van der Waals surface area contributed by atoms with Crippen molar-refractivity contribution in [2.24, 2.45) is 0 Å². The van der Waals surface area contributed by atoms with E-state index in [1.807, 2.05) is 6.92 Å². The number of nitrogens with two attached hydrogens (primary N) is 1. The molecule has 4 N–H and O–H groups in total. The number of aromatic amines is 2. The molecule has 3 heterocycles. The predicted molar refractivity (Wildman–Crippen MR) is 63.1 cm³/mol. The lowest BCUT2D eigenvalue weighted by atomic mass is 10.3. The van der Waals surface area contributed by atoms with Crippen LogP contribution < -0.4 is 5.73 Å². The molecule has 0 spiro atoms. The van der Waals surface area contributed by atoms with Crippen molar-refractivity contribution in [2.45, 2.75) is 13.3 Å². The Morgan fingerprint density at radius 3 is 2.88 bits per heavy atom. The Labute approximate surface area is 96.5 Å². The maximum atomic E-state index is 5.85. The molecule has 17 heavy (non-hydrogen) atoms. The first-order valence-electron chi connectivity index (χ1n) is 5.29. The summed E-state index contributed by atoms with van der Waals surface area (Å²) < 4.78 is 0. The molecule has 7 heteroatoms. The monoisotopic (exact) mass is 229 g/mol. The van der Waals surface area contributed by atoms with Crippen molar-refractivity contribution in [3.05, 3.63) is 18.2 Å². The highest BCUT2D eigenvalue weighted by Gasteiger charge is 2.11. The zero-order valence-electron chi connectivity index (χ0n) is 9.23. The third kappa shape index (κ3) is 1.52. The third-order valence-electron chi connectivity index (χ3n) is 2.51. The lowest BCUT2D eigenvalue weighted by Gasteiger charge is -1.97. The van der Waals surface area contributed by atoms with Crippen LogP contribution in [0, 0.1) is 0 Å². The van der Waals surface area contributed by atoms with Gasteiger partial charge in [0.1, 0.15) is 17.2 Å². The van der Waals surface area contributed by atoms with Crippen LogP contribution in [0.25, 0.3) is 22.6 Å². The van der Waals surface area contributed by atoms with E-state index in [0.29, 0.717) is 28.6 Å². The van der Waals surface area contributed by atoms with E-state index in [1.54, 1.807) is 12.4 Å². The molecule has 0 atom stereocenters. The van der Waals surface area contributed by atoms with Gasteiger partial charge in [0, 0.05) is 12.6 Å². The molecule has 86 valence electrons. The minimum absolute atomic E-state index is 0.425. The topological polar surface area (TPSA) is 109 Å². The molecular weight excluding hydrogens is 218 g/mol. The van der Waals surface area contributed by atoms with Crippen LogP contribution in [-0.4, -0.2) is 30.1 Å². The van der Waals surface area contributed by atoms with Crippen molar-refractivity contribution in [1.82, 2.24) is 30.1 Å². The largest absolute Gasteiger partial charge is 0.382 e. The van der Waals surface area contributed by atoms with Crippen LogP contribution in [0.2, 0.25) is 0 Å². The predicted octanol–water partition coefficient (Wildman–Crippen LogP) is 0.888. The minimum Gasteiger partial charge on any atom is -0.382 e. The molecule has 7 nitrogen and oxygen atoms in total. The van der Waals surface area contributed by atoms with E-state index < -0.39 is 0 Å². The second kappa shape index (κ2) is 3.55. The summed E-state index contributed by atoms with van der Waals surface area (Å²) in [5.41, 5.74) is 7.97. The Bertz CT molecular complexity index is 653. The van der Waals surface area contributed by atoms with Gasteiger partial charge in [-0.3, -0.25) is 5.10 Å². The Morgan fingerprint density at radius 1 is 1.29 bits per heavy atom. The quantitative estimate of drug-likeness (QED) is 0.604. The van der Waals surface area contributed by atoms with Crippen molar-refractivity contribution in [2.75, 3.05) is 5.73 Å². The van der Waals surface area contributed by atoms with Gasteiger partial charge >= 0.3 is 0 Å². The van der Waals surface area contributed by atoms with E-state index >= 15 is 0 Å². The Hall–Kier alpha value is -2.44. The summed E-state index contributed by atoms with van der Waals surface area (Å²) >= 11 is 0. The van der Waals surface area contributed by atoms with Gasteiger partial charge in [-0.1, -0.05) is 6.92 Å². The molecule has 0 amide bonds. The number of hydrogen-bond acceptors (Lipinski definition) is 5. The third-order valence-corrected chi connectivity index (χ3v) is 2.51. The highest BCUT2D eigenvalue weighted by molar-refractivity contribution is 5.84. The summed E-state index contributed by atoms with van der Waals surface area (Å²) in [6, 6.07) is 0. The summed E-state index contributed by atoms with van der Waals surface area (Å²) in [6.07, 6.45) is 4.16. The van der Waals surface area contributed by atoms with Crippen LogP contribution in [0.15, 0.2) is 12.4 Å². The minimum atomic E-state index is 0.425. The summed E-state index contributed by atoms with van der Waals surface area (Å²) in [5, 5.41) is 6.61. The molecule has 3 aromatic rings. The Kier molecular flexibility index (Phi) is 2.04. The Morgan fingerprint density at radius 2 is 2.18 bits per heavy atom. The number of nitrogens with one attached hydrogen (secondary N) is 2. The van der Waals surface area contributed by atoms with Crippen LogP contribution in [0.5, 0.6) is 0 Å². The van der Waals surface area contributed by atoms with Gasteiger partial charge in [0.05, 0.1) is 11.8 Å². The number of anilines is 1. The number of H-pyrrole nitrogens is 2. The van der Waals surface area contributed by atoms with Gasteiger partial charge in [-0.25, -0.2) is 15.0 Å². The van der Waals surface area contributed by atoms with E-state index in [-0.39, 0.29) is 0 Å². The highest BCUT2D eigenvalue weighted by Crippen LogP contribution is 2.21. The summed E-state index contributed by atoms with van der Waals surface area (Å²) in [7, 11) is 0. The molecule has 0 aliphatic carbocycles. The molecule has 0 aliphatic heterocycles. The second-order valence-electron chi connectivity index (χ2n) is 3.65. The molecule has 0 fully saturated rings. The fraction of sp³-hybridized carbons (Fsp3) is 0.200. The van der Waals surface area contributed by atoms with Crippen molar-refractivity contribution in [1.29, 1.82) is 0 Å². The van der Waals surface area contributed by atoms with Crippen LogP contribution in [0.4, 0.5) is 5.82 Å². The number of nitrogens with zero attached hydrogens (tertiary/aromatic N) is 4. The van der Waals surface area contributed by atoms with Crippen molar-refractivity contribution in [3.8, 4) is 11.4 Å². The van der Waals surface area contributed by atoms with Gasteiger partial charge in [0.25, 0.3) is 0 Å². The first-order valence-corrected chi connectivity index (χ1v) is 5.29. The van der Waals surface area contributed by atoms with E-state index in [9.17, 15) is 0 Å². The molecule has 0 saturated carbocycles. The average molecular weight is 229 g/mol. The van der Waals surface area contributed by atoms with Crippen molar-refractivity contribution >= 4 is 17.0 Å². The molecule has 0 unspecified atom stereocenters. The standard InChI is InChI=1S/C10H11N7/c1-2-6-14-8(11)7-10(15-6)17-9(16-7)5-3-12-13-4-5/h3-4H,2H2,1H3,(H,12,13)(H3,11,14,15,16,17). The maximum absolute atomic E-state index is 5.85. The molecule has 0 aliphatic rings. The number of hydrogen-bond donors (Lipinski definition) is 3. The van der Waals surface area contributed by atoms with Gasteiger partial charge in [-0.15, -0.1) is 0 Å². The lowest BCUT2D eigenvalue weighted by molar-refractivity contribution is 0.960. The lowest BCUT2D eigenvalue weighted by Crippen LogP contribution is -1.99. The van der Waals surface area contributed by atoms with Crippen LogP contribution in [-0.2, 0) is 6.42 Å². The fourth-order valence-corrected chi connectivity index (χ4v) is 1.64. The molecule has 0 aromatic carbocycles. The molecule has 3 aromatic heterocycles. The zero-order chi connectivity index (χ0) is 11.8. The summed E-state index contributed by atoms with van der Waals surface area (Å²) in [6.45, 7) is 1.98. The number of imidazole rings is 1. The maximum Gasteiger partial charge on any atom is 0.183 e. The highest BCUT2D eigenvalue weighted by atomic mass is 15.1. The molecule has 0 bridgehead atoms. The number of aryl methyl sites for hydroxylation is 1. The normalized spacial score (nSPS) is 11.1. The van der Waals surface area contributed by atoms with E-state index in [0.717, 1.165) is 12.0 Å². The van der Waals surface area contributed by atoms with Crippen molar-refractivity contribution in [3.63, 3.8) is 0 Å². The van der Waals surface area contributed by atoms with E-state index in [1.165, 1.54) is 0 Å². The number of nitrogen functional groups attached to an aromatic ring is 1.